The van der Waals surface area contributed by atoms with E-state index in [0.29, 0.717) is 5.92 Å². The highest BCUT2D eigenvalue weighted by Gasteiger charge is 2.24. The van der Waals surface area contributed by atoms with Gasteiger partial charge in [-0.05, 0) is 12.0 Å². The summed E-state index contributed by atoms with van der Waals surface area (Å²) < 4.78 is 5.26. The van der Waals surface area contributed by atoms with E-state index in [4.69, 9.17) is 4.52 Å². The molecule has 1 saturated heterocycles. The molecule has 4 nitrogen and oxygen atoms in total. The Labute approximate surface area is 100 Å². The summed E-state index contributed by atoms with van der Waals surface area (Å²) in [5, 5.41) is 7.22. The largest absolute Gasteiger partial charge is 0.339 e. The third-order valence-electron chi connectivity index (χ3n) is 3.09. The van der Waals surface area contributed by atoms with E-state index in [2.05, 4.69) is 39.7 Å². The molecule has 0 bridgehead atoms. The lowest BCUT2D eigenvalue weighted by atomic mass is 10.0. The number of hydrogen-bond acceptors (Lipinski definition) is 4. The SMILES string of the molecule is c1ccc(CCc2noc(C3CNC3)n2)cc1. The van der Waals surface area contributed by atoms with Crippen LogP contribution in [0.5, 0.6) is 0 Å². The number of aryl methyl sites for hydroxylation is 2. The summed E-state index contributed by atoms with van der Waals surface area (Å²) >= 11 is 0. The van der Waals surface area contributed by atoms with Gasteiger partial charge >= 0.3 is 0 Å². The first-order chi connectivity index (χ1) is 8.42. The molecule has 0 spiro atoms. The van der Waals surface area contributed by atoms with E-state index in [9.17, 15) is 0 Å². The topological polar surface area (TPSA) is 51.0 Å². The molecular weight excluding hydrogens is 214 g/mol. The van der Waals surface area contributed by atoms with Gasteiger partial charge in [0.05, 0.1) is 5.92 Å². The molecule has 88 valence electrons. The van der Waals surface area contributed by atoms with E-state index in [1.807, 2.05) is 6.07 Å². The van der Waals surface area contributed by atoms with Crippen molar-refractivity contribution >= 4 is 0 Å². The summed E-state index contributed by atoms with van der Waals surface area (Å²) in [5.41, 5.74) is 1.31. The van der Waals surface area contributed by atoms with Gasteiger partial charge in [-0.1, -0.05) is 35.5 Å². The van der Waals surface area contributed by atoms with Gasteiger partial charge in [-0.3, -0.25) is 0 Å². The molecule has 1 aromatic carbocycles. The summed E-state index contributed by atoms with van der Waals surface area (Å²) in [4.78, 5) is 4.43. The summed E-state index contributed by atoms with van der Waals surface area (Å²) in [6.07, 6.45) is 1.80. The predicted molar refractivity (Wildman–Crippen MR) is 63.8 cm³/mol. The second-order valence-corrected chi connectivity index (χ2v) is 4.39. The molecule has 0 atom stereocenters. The van der Waals surface area contributed by atoms with Crippen molar-refractivity contribution in [2.75, 3.05) is 13.1 Å². The summed E-state index contributed by atoms with van der Waals surface area (Å²) in [5.74, 6) is 2.02. The van der Waals surface area contributed by atoms with Crippen LogP contribution in [0.1, 0.15) is 23.2 Å². The van der Waals surface area contributed by atoms with Crippen LogP contribution in [-0.4, -0.2) is 23.2 Å². The molecule has 0 unspecified atom stereocenters. The highest BCUT2D eigenvalue weighted by molar-refractivity contribution is 5.15. The van der Waals surface area contributed by atoms with Crippen LogP contribution in [-0.2, 0) is 12.8 Å². The van der Waals surface area contributed by atoms with Gasteiger partial charge < -0.3 is 9.84 Å². The second kappa shape index (κ2) is 4.67. The van der Waals surface area contributed by atoms with E-state index in [0.717, 1.165) is 37.6 Å². The Hall–Kier alpha value is -1.68. The second-order valence-electron chi connectivity index (χ2n) is 4.39. The number of nitrogens with one attached hydrogen (secondary N) is 1. The zero-order valence-corrected chi connectivity index (χ0v) is 9.60. The predicted octanol–water partition coefficient (Wildman–Crippen LogP) is 1.54. The van der Waals surface area contributed by atoms with Crippen LogP contribution in [0.4, 0.5) is 0 Å². The van der Waals surface area contributed by atoms with Crippen LogP contribution in [0.15, 0.2) is 34.9 Å². The van der Waals surface area contributed by atoms with Gasteiger partial charge in [0.25, 0.3) is 0 Å². The van der Waals surface area contributed by atoms with Gasteiger partial charge in [0.1, 0.15) is 0 Å². The third-order valence-corrected chi connectivity index (χ3v) is 3.09. The van der Waals surface area contributed by atoms with Gasteiger partial charge in [-0.15, -0.1) is 0 Å². The summed E-state index contributed by atoms with van der Waals surface area (Å²) in [7, 11) is 0. The molecule has 1 aliphatic heterocycles. The first kappa shape index (κ1) is 10.5. The Balaban J connectivity index is 1.60. The van der Waals surface area contributed by atoms with Crippen molar-refractivity contribution in [2.24, 2.45) is 0 Å². The highest BCUT2D eigenvalue weighted by Crippen LogP contribution is 2.17. The van der Waals surface area contributed by atoms with E-state index in [1.165, 1.54) is 5.56 Å². The smallest absolute Gasteiger partial charge is 0.232 e. The first-order valence-electron chi connectivity index (χ1n) is 5.99. The maximum atomic E-state index is 5.26. The minimum absolute atomic E-state index is 0.424. The molecule has 3 rings (SSSR count). The third kappa shape index (κ3) is 2.36. The fraction of sp³-hybridized carbons (Fsp3) is 0.385. The van der Waals surface area contributed by atoms with Gasteiger partial charge in [0, 0.05) is 19.5 Å². The fourth-order valence-corrected chi connectivity index (χ4v) is 1.90. The van der Waals surface area contributed by atoms with Gasteiger partial charge in [0.2, 0.25) is 5.89 Å². The van der Waals surface area contributed by atoms with Crippen molar-refractivity contribution in [2.45, 2.75) is 18.8 Å². The van der Waals surface area contributed by atoms with Crippen LogP contribution >= 0.6 is 0 Å². The van der Waals surface area contributed by atoms with Crippen molar-refractivity contribution in [3.63, 3.8) is 0 Å². The summed E-state index contributed by atoms with van der Waals surface area (Å²) in [6, 6.07) is 10.4. The van der Waals surface area contributed by atoms with Crippen molar-refractivity contribution in [1.82, 2.24) is 15.5 Å². The Morgan fingerprint density at radius 2 is 2.00 bits per heavy atom. The molecular formula is C13H15N3O. The monoisotopic (exact) mass is 229 g/mol. The highest BCUT2D eigenvalue weighted by atomic mass is 16.5. The molecule has 2 heterocycles. The van der Waals surface area contributed by atoms with Crippen LogP contribution in [0.3, 0.4) is 0 Å². The quantitative estimate of drug-likeness (QED) is 0.864. The zero-order chi connectivity index (χ0) is 11.5. The van der Waals surface area contributed by atoms with Crippen LogP contribution in [0, 0.1) is 0 Å². The zero-order valence-electron chi connectivity index (χ0n) is 9.60. The maximum Gasteiger partial charge on any atom is 0.232 e. The van der Waals surface area contributed by atoms with Gasteiger partial charge in [-0.25, -0.2) is 0 Å². The van der Waals surface area contributed by atoms with E-state index in [1.54, 1.807) is 0 Å². The average Bonchev–Trinajstić information content (AvgIpc) is 2.74. The molecule has 1 fully saturated rings. The minimum atomic E-state index is 0.424. The van der Waals surface area contributed by atoms with E-state index in [-0.39, 0.29) is 0 Å². The molecule has 1 aromatic heterocycles. The number of nitrogens with zero attached hydrogens (tertiary/aromatic N) is 2. The van der Waals surface area contributed by atoms with E-state index >= 15 is 0 Å². The molecule has 17 heavy (non-hydrogen) atoms. The molecule has 0 radical (unpaired) electrons. The van der Waals surface area contributed by atoms with Gasteiger partial charge in [-0.2, -0.15) is 4.98 Å². The minimum Gasteiger partial charge on any atom is -0.339 e. The van der Waals surface area contributed by atoms with E-state index < -0.39 is 0 Å². The Kier molecular flexibility index (Phi) is 2.88. The Bertz CT molecular complexity index is 476. The number of hydrogen-bond donors (Lipinski definition) is 1. The lowest BCUT2D eigenvalue weighted by Crippen LogP contribution is -2.40. The normalized spacial score (nSPS) is 15.8. The fourth-order valence-electron chi connectivity index (χ4n) is 1.90. The van der Waals surface area contributed by atoms with Crippen molar-refractivity contribution in [3.05, 3.63) is 47.6 Å². The van der Waals surface area contributed by atoms with Crippen LogP contribution in [0.2, 0.25) is 0 Å². The number of aromatic nitrogens is 2. The molecule has 0 saturated carbocycles. The number of benzene rings is 1. The standard InChI is InChI=1S/C13H15N3O/c1-2-4-10(5-3-1)6-7-12-15-13(17-16-12)11-8-14-9-11/h1-5,11,14H,6-9H2. The average molecular weight is 229 g/mol. The van der Waals surface area contributed by atoms with Gasteiger partial charge in [0.15, 0.2) is 5.82 Å². The molecule has 4 heteroatoms. The molecule has 1 N–H and O–H groups in total. The lowest BCUT2D eigenvalue weighted by molar-refractivity contribution is 0.306. The van der Waals surface area contributed by atoms with Crippen molar-refractivity contribution < 1.29 is 4.52 Å². The first-order valence-corrected chi connectivity index (χ1v) is 5.99. The van der Waals surface area contributed by atoms with Crippen molar-refractivity contribution in [3.8, 4) is 0 Å². The van der Waals surface area contributed by atoms with Crippen LogP contribution < -0.4 is 5.32 Å². The Morgan fingerprint density at radius 1 is 1.18 bits per heavy atom. The van der Waals surface area contributed by atoms with Crippen LogP contribution in [0.25, 0.3) is 0 Å². The molecule has 2 aromatic rings. The Morgan fingerprint density at radius 3 is 2.71 bits per heavy atom. The summed E-state index contributed by atoms with van der Waals surface area (Å²) in [6.45, 7) is 1.92. The molecule has 0 aliphatic carbocycles. The lowest BCUT2D eigenvalue weighted by Gasteiger charge is -2.22. The molecule has 1 aliphatic rings. The van der Waals surface area contributed by atoms with Crippen molar-refractivity contribution in [1.29, 1.82) is 0 Å². The molecule has 0 amide bonds. The number of rotatable bonds is 4. The maximum absolute atomic E-state index is 5.26.